The number of carboxylic acids is 1. The van der Waals surface area contributed by atoms with Crippen molar-refractivity contribution in [2.24, 2.45) is 0 Å². The van der Waals surface area contributed by atoms with Crippen LogP contribution in [0.5, 0.6) is 0 Å². The van der Waals surface area contributed by atoms with Crippen LogP contribution in [0.1, 0.15) is 35.9 Å². The maximum Gasteiger partial charge on any atom is 0.358 e. The van der Waals surface area contributed by atoms with Crippen molar-refractivity contribution in [2.75, 3.05) is 0 Å². The number of hydrogen-bond acceptors (Lipinski definition) is 5. The van der Waals surface area contributed by atoms with Gasteiger partial charge in [-0.1, -0.05) is 24.6 Å². The van der Waals surface area contributed by atoms with E-state index in [-0.39, 0.29) is 11.4 Å². The predicted octanol–water partition coefficient (Wildman–Crippen LogP) is 2.22. The molecule has 21 heavy (non-hydrogen) atoms. The molecule has 0 radical (unpaired) electrons. The van der Waals surface area contributed by atoms with E-state index in [1.165, 1.54) is 22.9 Å². The largest absolute Gasteiger partial charge is 0.476 e. The van der Waals surface area contributed by atoms with Crippen LogP contribution in [0.25, 0.3) is 5.69 Å². The lowest BCUT2D eigenvalue weighted by atomic mass is 10.1. The molecule has 0 atom stereocenters. The number of nitro benzene ring substituents is 1. The lowest BCUT2D eigenvalue weighted by Crippen LogP contribution is -2.07. The van der Waals surface area contributed by atoms with Crippen LogP contribution in [-0.4, -0.2) is 31.0 Å². The number of nitro groups is 1. The third-order valence-corrected chi connectivity index (χ3v) is 3.02. The van der Waals surface area contributed by atoms with Crippen LogP contribution in [-0.2, 0) is 6.42 Å². The van der Waals surface area contributed by atoms with Crippen molar-refractivity contribution in [2.45, 2.75) is 26.2 Å². The molecule has 0 aliphatic carbocycles. The average molecular weight is 290 g/mol. The van der Waals surface area contributed by atoms with E-state index in [1.54, 1.807) is 6.07 Å². The van der Waals surface area contributed by atoms with Gasteiger partial charge in [-0.2, -0.15) is 0 Å². The predicted molar refractivity (Wildman–Crippen MR) is 73.6 cm³/mol. The Labute approximate surface area is 120 Å². The Morgan fingerprint density at radius 3 is 2.86 bits per heavy atom. The van der Waals surface area contributed by atoms with Crippen molar-refractivity contribution in [1.82, 2.24) is 15.0 Å². The van der Waals surface area contributed by atoms with Crippen molar-refractivity contribution >= 4 is 11.7 Å². The molecule has 8 nitrogen and oxygen atoms in total. The molecule has 110 valence electrons. The molecule has 0 saturated heterocycles. The summed E-state index contributed by atoms with van der Waals surface area (Å²) in [5.41, 5.74) is 0.677. The number of hydrogen-bond donors (Lipinski definition) is 1. The van der Waals surface area contributed by atoms with Gasteiger partial charge in [0.2, 0.25) is 0 Å². The molecule has 0 spiro atoms. The molecule has 2 aromatic rings. The standard InChI is InChI=1S/C13H14N4O4/c1-2-3-7-11-12(13(18)19)14-15-16(11)9-5-4-6-10(8-9)17(20)21/h4-6,8H,2-3,7H2,1H3,(H,18,19). The number of benzene rings is 1. The average Bonchev–Trinajstić information content (AvgIpc) is 2.89. The Morgan fingerprint density at radius 2 is 2.24 bits per heavy atom. The van der Waals surface area contributed by atoms with Gasteiger partial charge >= 0.3 is 5.97 Å². The van der Waals surface area contributed by atoms with Gasteiger partial charge in [0.05, 0.1) is 16.3 Å². The maximum atomic E-state index is 11.2. The highest BCUT2D eigenvalue weighted by atomic mass is 16.6. The minimum absolute atomic E-state index is 0.0821. The zero-order valence-corrected chi connectivity index (χ0v) is 11.4. The van der Waals surface area contributed by atoms with Crippen molar-refractivity contribution in [3.05, 3.63) is 45.8 Å². The third-order valence-electron chi connectivity index (χ3n) is 3.02. The summed E-state index contributed by atoms with van der Waals surface area (Å²) in [5.74, 6) is -1.15. The lowest BCUT2D eigenvalue weighted by Gasteiger charge is -2.06. The van der Waals surface area contributed by atoms with Crippen molar-refractivity contribution < 1.29 is 14.8 Å². The number of carbonyl (C=O) groups is 1. The molecule has 2 rings (SSSR count). The highest BCUT2D eigenvalue weighted by molar-refractivity contribution is 5.86. The van der Waals surface area contributed by atoms with Crippen LogP contribution < -0.4 is 0 Å². The van der Waals surface area contributed by atoms with Gasteiger partial charge in [0.25, 0.3) is 5.69 Å². The zero-order valence-electron chi connectivity index (χ0n) is 11.4. The summed E-state index contributed by atoms with van der Waals surface area (Å²) in [6, 6.07) is 5.86. The normalized spacial score (nSPS) is 10.5. The molecule has 0 amide bonds. The quantitative estimate of drug-likeness (QED) is 0.645. The van der Waals surface area contributed by atoms with Gasteiger partial charge < -0.3 is 5.11 Å². The number of non-ortho nitro benzene ring substituents is 1. The summed E-state index contributed by atoms with van der Waals surface area (Å²) in [6.45, 7) is 1.99. The van der Waals surface area contributed by atoms with Crippen LogP contribution >= 0.6 is 0 Å². The monoisotopic (exact) mass is 290 g/mol. The maximum absolute atomic E-state index is 11.2. The van der Waals surface area contributed by atoms with E-state index in [1.807, 2.05) is 6.92 Å². The van der Waals surface area contributed by atoms with Crippen LogP contribution in [0.2, 0.25) is 0 Å². The Morgan fingerprint density at radius 1 is 1.48 bits per heavy atom. The molecule has 8 heteroatoms. The SMILES string of the molecule is CCCCc1c(C(=O)O)nnn1-c1cccc([N+](=O)[O-])c1. The first-order valence-corrected chi connectivity index (χ1v) is 6.47. The fourth-order valence-electron chi connectivity index (χ4n) is 1.98. The Hall–Kier alpha value is -2.77. The van der Waals surface area contributed by atoms with E-state index < -0.39 is 10.9 Å². The van der Waals surface area contributed by atoms with E-state index in [0.29, 0.717) is 17.8 Å². The first-order chi connectivity index (χ1) is 10.0. The summed E-state index contributed by atoms with van der Waals surface area (Å²) in [5, 5.41) is 27.5. The Bertz CT molecular complexity index is 681. The minimum Gasteiger partial charge on any atom is -0.476 e. The van der Waals surface area contributed by atoms with Gasteiger partial charge in [-0.25, -0.2) is 9.48 Å². The number of nitrogens with zero attached hydrogens (tertiary/aromatic N) is 4. The number of rotatable bonds is 6. The van der Waals surface area contributed by atoms with Gasteiger partial charge in [-0.05, 0) is 18.9 Å². The summed E-state index contributed by atoms with van der Waals surface area (Å²) in [6.07, 6.45) is 2.16. The molecule has 0 unspecified atom stereocenters. The molecular weight excluding hydrogens is 276 g/mol. The third kappa shape index (κ3) is 3.04. The summed E-state index contributed by atoms with van der Waals surface area (Å²) >= 11 is 0. The van der Waals surface area contributed by atoms with Crippen molar-refractivity contribution in [1.29, 1.82) is 0 Å². The van der Waals surface area contributed by atoms with Gasteiger partial charge in [-0.3, -0.25) is 10.1 Å². The number of aromatic nitrogens is 3. The van der Waals surface area contributed by atoms with Crippen molar-refractivity contribution in [3.8, 4) is 5.69 Å². The smallest absolute Gasteiger partial charge is 0.358 e. The van der Waals surface area contributed by atoms with Gasteiger partial charge in [-0.15, -0.1) is 5.10 Å². The van der Waals surface area contributed by atoms with Crippen LogP contribution in [0, 0.1) is 10.1 Å². The van der Waals surface area contributed by atoms with E-state index in [4.69, 9.17) is 5.11 Å². The van der Waals surface area contributed by atoms with Gasteiger partial charge in [0.1, 0.15) is 0 Å². The Kier molecular flexibility index (Phi) is 4.27. The highest BCUT2D eigenvalue weighted by Gasteiger charge is 2.20. The molecule has 1 heterocycles. The summed E-state index contributed by atoms with van der Waals surface area (Å²) in [7, 11) is 0. The highest BCUT2D eigenvalue weighted by Crippen LogP contribution is 2.20. The molecule has 0 saturated carbocycles. The summed E-state index contributed by atoms with van der Waals surface area (Å²) in [4.78, 5) is 21.5. The molecule has 0 fully saturated rings. The van der Waals surface area contributed by atoms with Gasteiger partial charge in [0, 0.05) is 12.1 Å². The molecule has 0 aliphatic heterocycles. The van der Waals surface area contributed by atoms with E-state index in [0.717, 1.165) is 12.8 Å². The van der Waals surface area contributed by atoms with Crippen molar-refractivity contribution in [3.63, 3.8) is 0 Å². The minimum atomic E-state index is -1.15. The number of carboxylic acid groups (broad SMARTS) is 1. The van der Waals surface area contributed by atoms with Crippen LogP contribution in [0.15, 0.2) is 24.3 Å². The van der Waals surface area contributed by atoms with E-state index >= 15 is 0 Å². The zero-order chi connectivity index (χ0) is 15.4. The molecular formula is C13H14N4O4. The summed E-state index contributed by atoms with van der Waals surface area (Å²) < 4.78 is 1.35. The molecule has 1 aromatic carbocycles. The fraction of sp³-hybridized carbons (Fsp3) is 0.308. The second-order valence-corrected chi connectivity index (χ2v) is 4.48. The number of unbranched alkanes of at least 4 members (excludes halogenated alkanes) is 1. The number of aromatic carboxylic acids is 1. The fourth-order valence-corrected chi connectivity index (χ4v) is 1.98. The second kappa shape index (κ2) is 6.12. The first kappa shape index (κ1) is 14.6. The topological polar surface area (TPSA) is 111 Å². The first-order valence-electron chi connectivity index (χ1n) is 6.47. The lowest BCUT2D eigenvalue weighted by molar-refractivity contribution is -0.384. The van der Waals surface area contributed by atoms with Gasteiger partial charge in [0.15, 0.2) is 5.69 Å². The molecule has 0 aliphatic rings. The van der Waals surface area contributed by atoms with E-state index in [2.05, 4.69) is 10.3 Å². The van der Waals surface area contributed by atoms with E-state index in [9.17, 15) is 14.9 Å². The van der Waals surface area contributed by atoms with Crippen LogP contribution in [0.3, 0.4) is 0 Å². The molecule has 0 bridgehead atoms. The molecule has 1 N–H and O–H groups in total. The Balaban J connectivity index is 2.50. The second-order valence-electron chi connectivity index (χ2n) is 4.48. The van der Waals surface area contributed by atoms with Crippen LogP contribution in [0.4, 0.5) is 5.69 Å². The molecule has 1 aromatic heterocycles.